The summed E-state index contributed by atoms with van der Waals surface area (Å²) in [6, 6.07) is 4.65. The van der Waals surface area contributed by atoms with Crippen LogP contribution in [0.25, 0.3) is 0 Å². The van der Waals surface area contributed by atoms with E-state index in [0.717, 1.165) is 0 Å². The minimum absolute atomic E-state index is 0.186. The van der Waals surface area contributed by atoms with Crippen molar-refractivity contribution in [1.29, 1.82) is 0 Å². The Bertz CT molecular complexity index is 496. The van der Waals surface area contributed by atoms with Crippen LogP contribution >= 0.6 is 0 Å². The Hall–Kier alpha value is -1.95. The number of piperidine rings is 1. The number of carbonyl (C=O) groups is 2. The maximum Gasteiger partial charge on any atom is 0.325 e. The molecule has 1 aromatic carbocycles. The number of nitrogens with two attached hydrogens (primary N) is 1. The van der Waals surface area contributed by atoms with Gasteiger partial charge in [-0.15, -0.1) is 0 Å². The lowest BCUT2D eigenvalue weighted by Crippen LogP contribution is -2.42. The van der Waals surface area contributed by atoms with E-state index in [-0.39, 0.29) is 11.8 Å². The van der Waals surface area contributed by atoms with Crippen LogP contribution in [0.4, 0.5) is 4.39 Å². The van der Waals surface area contributed by atoms with E-state index in [9.17, 15) is 19.1 Å². The van der Waals surface area contributed by atoms with Gasteiger partial charge in [0.05, 0.1) is 0 Å². The molecule has 0 radical (unpaired) electrons. The number of benzene rings is 1. The first-order chi connectivity index (χ1) is 9.49. The second-order valence-electron chi connectivity index (χ2n) is 5.00. The van der Waals surface area contributed by atoms with E-state index < -0.39 is 17.8 Å². The average molecular weight is 280 g/mol. The molecule has 0 saturated carbocycles. The van der Waals surface area contributed by atoms with Gasteiger partial charge in [0, 0.05) is 19.0 Å². The highest BCUT2D eigenvalue weighted by Crippen LogP contribution is 2.27. The number of primary amides is 1. The van der Waals surface area contributed by atoms with Crippen LogP contribution < -0.4 is 5.73 Å². The Morgan fingerprint density at radius 2 is 1.80 bits per heavy atom. The van der Waals surface area contributed by atoms with Gasteiger partial charge in [-0.3, -0.25) is 14.5 Å². The van der Waals surface area contributed by atoms with Crippen molar-refractivity contribution in [2.24, 2.45) is 11.7 Å². The van der Waals surface area contributed by atoms with Crippen LogP contribution in [-0.4, -0.2) is 35.0 Å². The lowest BCUT2D eigenvalue weighted by atomic mass is 9.94. The summed E-state index contributed by atoms with van der Waals surface area (Å²) in [4.78, 5) is 24.4. The van der Waals surface area contributed by atoms with Gasteiger partial charge in [-0.05, 0) is 30.5 Å². The molecule has 5 nitrogen and oxygen atoms in total. The molecule has 0 spiro atoms. The van der Waals surface area contributed by atoms with Gasteiger partial charge in [0.25, 0.3) is 0 Å². The molecule has 1 unspecified atom stereocenters. The van der Waals surface area contributed by atoms with Crippen LogP contribution in [-0.2, 0) is 9.59 Å². The zero-order valence-electron chi connectivity index (χ0n) is 11.0. The monoisotopic (exact) mass is 280 g/mol. The average Bonchev–Trinajstić information content (AvgIpc) is 2.41. The van der Waals surface area contributed by atoms with Crippen molar-refractivity contribution < 1.29 is 19.1 Å². The summed E-state index contributed by atoms with van der Waals surface area (Å²) in [5, 5.41) is 9.40. The number of hydrogen-bond donors (Lipinski definition) is 2. The van der Waals surface area contributed by atoms with E-state index in [1.165, 1.54) is 24.3 Å². The van der Waals surface area contributed by atoms with Crippen LogP contribution in [0.15, 0.2) is 24.3 Å². The number of nitrogens with zero attached hydrogens (tertiary/aromatic N) is 1. The molecule has 0 aromatic heterocycles. The number of likely N-dealkylation sites (tertiary alicyclic amines) is 1. The van der Waals surface area contributed by atoms with Crippen molar-refractivity contribution in [2.45, 2.75) is 18.9 Å². The third-order valence-electron chi connectivity index (χ3n) is 3.72. The molecule has 1 aliphatic heterocycles. The fraction of sp³-hybridized carbons (Fsp3) is 0.429. The van der Waals surface area contributed by atoms with Crippen molar-refractivity contribution >= 4 is 11.9 Å². The fourth-order valence-electron chi connectivity index (χ4n) is 2.60. The second kappa shape index (κ2) is 6.00. The van der Waals surface area contributed by atoms with E-state index >= 15 is 0 Å². The smallest absolute Gasteiger partial charge is 0.325 e. The summed E-state index contributed by atoms with van der Waals surface area (Å²) >= 11 is 0. The fourth-order valence-corrected chi connectivity index (χ4v) is 2.60. The van der Waals surface area contributed by atoms with E-state index in [4.69, 9.17) is 5.73 Å². The van der Waals surface area contributed by atoms with Crippen molar-refractivity contribution in [3.63, 3.8) is 0 Å². The third kappa shape index (κ3) is 3.14. The van der Waals surface area contributed by atoms with Crippen molar-refractivity contribution in [3.8, 4) is 0 Å². The molecule has 6 heteroatoms. The van der Waals surface area contributed by atoms with Crippen molar-refractivity contribution in [3.05, 3.63) is 35.6 Å². The van der Waals surface area contributed by atoms with E-state index in [1.54, 1.807) is 4.90 Å². The first-order valence-corrected chi connectivity index (χ1v) is 6.50. The predicted octanol–water partition coefficient (Wildman–Crippen LogP) is 1.15. The topological polar surface area (TPSA) is 83.6 Å². The Morgan fingerprint density at radius 1 is 1.25 bits per heavy atom. The molecule has 1 fully saturated rings. The molecule has 108 valence electrons. The summed E-state index contributed by atoms with van der Waals surface area (Å²) in [7, 11) is 0. The van der Waals surface area contributed by atoms with Gasteiger partial charge in [0.15, 0.2) is 0 Å². The molecule has 1 aromatic rings. The van der Waals surface area contributed by atoms with Gasteiger partial charge in [0.2, 0.25) is 5.91 Å². The molecule has 1 amide bonds. The summed E-state index contributed by atoms with van der Waals surface area (Å²) in [6.07, 6.45) is 1.11. The Balaban J connectivity index is 2.12. The highest BCUT2D eigenvalue weighted by atomic mass is 19.1. The van der Waals surface area contributed by atoms with Gasteiger partial charge < -0.3 is 10.8 Å². The first-order valence-electron chi connectivity index (χ1n) is 6.50. The summed E-state index contributed by atoms with van der Waals surface area (Å²) in [5.41, 5.74) is 5.80. The van der Waals surface area contributed by atoms with E-state index in [1.807, 2.05) is 0 Å². The number of carboxylic acid groups (broad SMARTS) is 1. The highest BCUT2D eigenvalue weighted by Gasteiger charge is 2.32. The molecule has 3 N–H and O–H groups in total. The molecule has 1 aliphatic rings. The largest absolute Gasteiger partial charge is 0.480 e. The zero-order valence-corrected chi connectivity index (χ0v) is 11.0. The summed E-state index contributed by atoms with van der Waals surface area (Å²) in [6.45, 7) is 0.976. The van der Waals surface area contributed by atoms with Crippen molar-refractivity contribution in [1.82, 2.24) is 4.90 Å². The minimum atomic E-state index is -0.978. The van der Waals surface area contributed by atoms with Crippen LogP contribution in [0.5, 0.6) is 0 Å². The number of carboxylic acids is 1. The van der Waals surface area contributed by atoms with Gasteiger partial charge >= 0.3 is 5.97 Å². The second-order valence-corrected chi connectivity index (χ2v) is 5.00. The molecule has 20 heavy (non-hydrogen) atoms. The SMILES string of the molecule is NC(=O)C1CCN(C(C(=O)O)c2ccc(F)cc2)CC1. The number of carbonyl (C=O) groups excluding carboxylic acids is 1. The molecule has 0 bridgehead atoms. The predicted molar refractivity (Wildman–Crippen MR) is 70.3 cm³/mol. The quantitative estimate of drug-likeness (QED) is 0.866. The van der Waals surface area contributed by atoms with Gasteiger partial charge in [-0.2, -0.15) is 0 Å². The Labute approximate surface area is 116 Å². The number of aliphatic carboxylic acids is 1. The number of amides is 1. The Kier molecular flexibility index (Phi) is 4.34. The summed E-state index contributed by atoms with van der Waals surface area (Å²) < 4.78 is 12.9. The number of halogens is 1. The Morgan fingerprint density at radius 3 is 2.25 bits per heavy atom. The van der Waals surface area contributed by atoms with Crippen LogP contribution in [0.1, 0.15) is 24.4 Å². The zero-order chi connectivity index (χ0) is 14.7. The lowest BCUT2D eigenvalue weighted by Gasteiger charge is -2.34. The minimum Gasteiger partial charge on any atom is -0.480 e. The van der Waals surface area contributed by atoms with Gasteiger partial charge in [-0.25, -0.2) is 4.39 Å². The molecule has 1 saturated heterocycles. The molecule has 0 aliphatic carbocycles. The third-order valence-corrected chi connectivity index (χ3v) is 3.72. The molecular weight excluding hydrogens is 263 g/mol. The van der Waals surface area contributed by atoms with E-state index in [0.29, 0.717) is 31.5 Å². The van der Waals surface area contributed by atoms with Gasteiger partial charge in [0.1, 0.15) is 11.9 Å². The van der Waals surface area contributed by atoms with Crippen molar-refractivity contribution in [2.75, 3.05) is 13.1 Å². The standard InChI is InChI=1S/C14H17FN2O3/c15-11-3-1-9(2-4-11)12(14(19)20)17-7-5-10(6-8-17)13(16)18/h1-4,10,12H,5-8H2,(H2,16,18)(H,19,20). The maximum absolute atomic E-state index is 12.9. The van der Waals surface area contributed by atoms with Crippen LogP contribution in [0.2, 0.25) is 0 Å². The normalized spacial score (nSPS) is 18.6. The summed E-state index contributed by atoms with van der Waals surface area (Å²) in [5.74, 6) is -1.90. The first kappa shape index (κ1) is 14.5. The highest BCUT2D eigenvalue weighted by molar-refractivity contribution is 5.77. The number of hydrogen-bond acceptors (Lipinski definition) is 3. The van der Waals surface area contributed by atoms with Crippen LogP contribution in [0, 0.1) is 11.7 Å². The molecular formula is C14H17FN2O3. The number of rotatable bonds is 4. The molecule has 1 heterocycles. The van der Waals surface area contributed by atoms with E-state index in [2.05, 4.69) is 0 Å². The molecule has 1 atom stereocenters. The van der Waals surface area contributed by atoms with Crippen LogP contribution in [0.3, 0.4) is 0 Å². The maximum atomic E-state index is 12.9. The van der Waals surface area contributed by atoms with Gasteiger partial charge in [-0.1, -0.05) is 12.1 Å². The lowest BCUT2D eigenvalue weighted by molar-refractivity contribution is -0.144. The molecule has 2 rings (SSSR count).